The molecule has 0 saturated carbocycles. The number of hydrogen-bond donors (Lipinski definition) is 0. The van der Waals surface area contributed by atoms with Crippen LogP contribution in [-0.2, 0) is 12.8 Å². The highest BCUT2D eigenvalue weighted by Crippen LogP contribution is 2.36. The number of fused-ring (bicyclic) bond motifs is 1. The lowest BCUT2D eigenvalue weighted by Crippen LogP contribution is -2.09. The molecular formula is C13H15BrO. The molecule has 0 saturated heterocycles. The summed E-state index contributed by atoms with van der Waals surface area (Å²) in [4.78, 5) is 11.5. The van der Waals surface area contributed by atoms with Gasteiger partial charge in [0.1, 0.15) is 0 Å². The maximum atomic E-state index is 11.5. The Labute approximate surface area is 99.0 Å². The van der Waals surface area contributed by atoms with E-state index in [-0.39, 0.29) is 5.78 Å². The quantitative estimate of drug-likeness (QED) is 0.593. The molecule has 0 N–H and O–H groups in total. The van der Waals surface area contributed by atoms with Gasteiger partial charge in [0, 0.05) is 5.56 Å². The van der Waals surface area contributed by atoms with E-state index in [1.165, 1.54) is 11.1 Å². The standard InChI is InChI=1S/C13H15BrO/c1-13(2)6-10-4-3-9(12(15)8-14)5-11(10)7-13/h3-5H,6-8H2,1-2H3. The third-order valence-electron chi connectivity index (χ3n) is 2.99. The van der Waals surface area contributed by atoms with Gasteiger partial charge in [0.25, 0.3) is 0 Å². The zero-order valence-electron chi connectivity index (χ0n) is 9.14. The maximum absolute atomic E-state index is 11.5. The van der Waals surface area contributed by atoms with Gasteiger partial charge in [0.15, 0.2) is 5.78 Å². The lowest BCUT2D eigenvalue weighted by atomic mass is 9.90. The molecule has 0 aliphatic heterocycles. The lowest BCUT2D eigenvalue weighted by Gasteiger charge is -2.14. The second-order valence-electron chi connectivity index (χ2n) is 5.06. The first-order valence-corrected chi connectivity index (χ1v) is 6.35. The molecule has 0 bridgehead atoms. The largest absolute Gasteiger partial charge is 0.293 e. The minimum Gasteiger partial charge on any atom is -0.293 e. The van der Waals surface area contributed by atoms with E-state index < -0.39 is 0 Å². The molecule has 1 aliphatic carbocycles. The molecular weight excluding hydrogens is 252 g/mol. The van der Waals surface area contributed by atoms with Gasteiger partial charge >= 0.3 is 0 Å². The summed E-state index contributed by atoms with van der Waals surface area (Å²) < 4.78 is 0. The first kappa shape index (κ1) is 10.9. The Balaban J connectivity index is 2.34. The number of ketones is 1. The van der Waals surface area contributed by atoms with Gasteiger partial charge in [-0.1, -0.05) is 41.9 Å². The Bertz CT molecular complexity index is 407. The van der Waals surface area contributed by atoms with Crippen LogP contribution in [0.4, 0.5) is 0 Å². The fourth-order valence-electron chi connectivity index (χ4n) is 2.31. The molecule has 0 unspecified atom stereocenters. The number of carbonyl (C=O) groups excluding carboxylic acids is 1. The SMILES string of the molecule is CC1(C)Cc2ccc(C(=O)CBr)cc2C1. The van der Waals surface area contributed by atoms with E-state index in [1.807, 2.05) is 6.07 Å². The molecule has 0 atom stereocenters. The van der Waals surface area contributed by atoms with Crippen molar-refractivity contribution < 1.29 is 4.79 Å². The van der Waals surface area contributed by atoms with Crippen molar-refractivity contribution >= 4 is 21.7 Å². The van der Waals surface area contributed by atoms with Crippen LogP contribution in [0.1, 0.15) is 35.3 Å². The molecule has 1 nitrogen and oxygen atoms in total. The Hall–Kier alpha value is -0.630. The van der Waals surface area contributed by atoms with Crippen LogP contribution >= 0.6 is 15.9 Å². The zero-order chi connectivity index (χ0) is 11.1. The summed E-state index contributed by atoms with van der Waals surface area (Å²) in [6.45, 7) is 4.55. The van der Waals surface area contributed by atoms with E-state index in [4.69, 9.17) is 0 Å². The summed E-state index contributed by atoms with van der Waals surface area (Å²) in [5.74, 6) is 0.169. The van der Waals surface area contributed by atoms with Gasteiger partial charge < -0.3 is 0 Å². The summed E-state index contributed by atoms with van der Waals surface area (Å²) in [5, 5.41) is 0.412. The van der Waals surface area contributed by atoms with Crippen molar-refractivity contribution in [1.82, 2.24) is 0 Å². The van der Waals surface area contributed by atoms with Crippen LogP contribution in [0.25, 0.3) is 0 Å². The van der Waals surface area contributed by atoms with E-state index in [1.54, 1.807) is 0 Å². The van der Waals surface area contributed by atoms with E-state index in [9.17, 15) is 4.79 Å². The van der Waals surface area contributed by atoms with E-state index in [0.29, 0.717) is 10.7 Å². The topological polar surface area (TPSA) is 17.1 Å². The smallest absolute Gasteiger partial charge is 0.173 e. The molecule has 80 valence electrons. The fourth-order valence-corrected chi connectivity index (χ4v) is 2.63. The average molecular weight is 267 g/mol. The highest BCUT2D eigenvalue weighted by atomic mass is 79.9. The van der Waals surface area contributed by atoms with Crippen molar-refractivity contribution in [2.24, 2.45) is 5.41 Å². The third-order valence-corrected chi connectivity index (χ3v) is 3.50. The fraction of sp³-hybridized carbons (Fsp3) is 0.462. The minimum absolute atomic E-state index is 0.169. The van der Waals surface area contributed by atoms with E-state index in [0.717, 1.165) is 18.4 Å². The second kappa shape index (κ2) is 3.75. The Morgan fingerprint density at radius 2 is 2.00 bits per heavy atom. The van der Waals surface area contributed by atoms with Gasteiger partial charge in [-0.05, 0) is 35.4 Å². The highest BCUT2D eigenvalue weighted by Gasteiger charge is 2.28. The summed E-state index contributed by atoms with van der Waals surface area (Å²) in [7, 11) is 0. The maximum Gasteiger partial charge on any atom is 0.173 e. The molecule has 2 heteroatoms. The molecule has 0 aromatic heterocycles. The Morgan fingerprint density at radius 3 is 2.67 bits per heavy atom. The number of hydrogen-bond acceptors (Lipinski definition) is 1. The van der Waals surface area contributed by atoms with Gasteiger partial charge in [0.05, 0.1) is 5.33 Å². The summed E-state index contributed by atoms with van der Waals surface area (Å²) in [5.41, 5.74) is 3.96. The number of rotatable bonds is 2. The van der Waals surface area contributed by atoms with Crippen molar-refractivity contribution in [3.05, 3.63) is 34.9 Å². The second-order valence-corrected chi connectivity index (χ2v) is 5.62. The number of alkyl halides is 1. The minimum atomic E-state index is 0.169. The number of carbonyl (C=O) groups is 1. The summed E-state index contributed by atoms with van der Waals surface area (Å²) in [6, 6.07) is 6.12. The van der Waals surface area contributed by atoms with Gasteiger partial charge in [-0.25, -0.2) is 0 Å². The van der Waals surface area contributed by atoms with Crippen LogP contribution in [0.2, 0.25) is 0 Å². The molecule has 0 heterocycles. The van der Waals surface area contributed by atoms with E-state index >= 15 is 0 Å². The molecule has 1 aromatic rings. The van der Waals surface area contributed by atoms with Crippen molar-refractivity contribution in [3.8, 4) is 0 Å². The number of benzene rings is 1. The van der Waals surface area contributed by atoms with Crippen LogP contribution in [0.15, 0.2) is 18.2 Å². The molecule has 2 rings (SSSR count). The van der Waals surface area contributed by atoms with E-state index in [2.05, 4.69) is 41.9 Å². The van der Waals surface area contributed by atoms with Crippen LogP contribution in [0.3, 0.4) is 0 Å². The van der Waals surface area contributed by atoms with Gasteiger partial charge in [-0.2, -0.15) is 0 Å². The molecule has 0 fully saturated rings. The Morgan fingerprint density at radius 1 is 1.33 bits per heavy atom. The molecule has 0 spiro atoms. The number of Topliss-reactive ketones (excluding diaryl/α,β-unsaturated/α-hetero) is 1. The summed E-state index contributed by atoms with van der Waals surface area (Å²) >= 11 is 3.20. The molecule has 0 amide bonds. The number of halogens is 1. The van der Waals surface area contributed by atoms with Gasteiger partial charge in [-0.3, -0.25) is 4.79 Å². The highest BCUT2D eigenvalue weighted by molar-refractivity contribution is 9.09. The molecule has 1 aromatic carbocycles. The van der Waals surface area contributed by atoms with Gasteiger partial charge in [0.2, 0.25) is 0 Å². The predicted octanol–water partition coefficient (Wildman–Crippen LogP) is 3.39. The third kappa shape index (κ3) is 2.15. The molecule has 1 aliphatic rings. The normalized spacial score (nSPS) is 17.5. The van der Waals surface area contributed by atoms with Crippen LogP contribution < -0.4 is 0 Å². The predicted molar refractivity (Wildman–Crippen MR) is 65.8 cm³/mol. The van der Waals surface area contributed by atoms with Crippen LogP contribution in [0, 0.1) is 5.41 Å². The summed E-state index contributed by atoms with van der Waals surface area (Å²) in [6.07, 6.45) is 2.22. The lowest BCUT2D eigenvalue weighted by molar-refractivity contribution is 0.102. The first-order chi connectivity index (χ1) is 7.02. The van der Waals surface area contributed by atoms with Crippen molar-refractivity contribution in [2.75, 3.05) is 5.33 Å². The van der Waals surface area contributed by atoms with Crippen molar-refractivity contribution in [3.63, 3.8) is 0 Å². The average Bonchev–Trinajstić information content (AvgIpc) is 2.49. The van der Waals surface area contributed by atoms with Crippen molar-refractivity contribution in [1.29, 1.82) is 0 Å². The first-order valence-electron chi connectivity index (χ1n) is 5.23. The Kier molecular flexibility index (Phi) is 2.72. The van der Waals surface area contributed by atoms with Gasteiger partial charge in [-0.15, -0.1) is 0 Å². The van der Waals surface area contributed by atoms with Crippen molar-refractivity contribution in [2.45, 2.75) is 26.7 Å². The molecule has 15 heavy (non-hydrogen) atoms. The molecule has 0 radical (unpaired) electrons. The van der Waals surface area contributed by atoms with Crippen LogP contribution in [-0.4, -0.2) is 11.1 Å². The van der Waals surface area contributed by atoms with Crippen LogP contribution in [0.5, 0.6) is 0 Å². The zero-order valence-corrected chi connectivity index (χ0v) is 10.7. The monoisotopic (exact) mass is 266 g/mol.